The molecule has 1 atom stereocenters. The Bertz CT molecular complexity index is 1010. The van der Waals surface area contributed by atoms with Gasteiger partial charge in [0.05, 0.1) is 23.5 Å². The molecule has 0 saturated heterocycles. The average Bonchev–Trinajstić information content (AvgIpc) is 3.06. The molecule has 2 aromatic carbocycles. The van der Waals surface area contributed by atoms with Gasteiger partial charge in [0.2, 0.25) is 0 Å². The molecule has 2 N–H and O–H groups in total. The summed E-state index contributed by atoms with van der Waals surface area (Å²) in [5.41, 5.74) is 9.02. The average molecular weight is 364 g/mol. The second kappa shape index (κ2) is 7.14. The maximum Gasteiger partial charge on any atom is 0.163 e. The molecule has 5 nitrogen and oxygen atoms in total. The first-order valence-corrected chi connectivity index (χ1v) is 8.85. The fourth-order valence-corrected chi connectivity index (χ4v) is 3.21. The number of rotatable bonds is 5. The van der Waals surface area contributed by atoms with E-state index in [0.717, 1.165) is 16.5 Å². The zero-order valence-corrected chi connectivity index (χ0v) is 14.8. The van der Waals surface area contributed by atoms with Crippen LogP contribution in [0.1, 0.15) is 22.3 Å². The lowest BCUT2D eigenvalue weighted by Gasteiger charge is -2.11. The summed E-state index contributed by atoms with van der Waals surface area (Å²) in [4.78, 5) is 9.12. The molecule has 2 heterocycles. The van der Waals surface area contributed by atoms with Crippen molar-refractivity contribution >= 4 is 28.5 Å². The summed E-state index contributed by atoms with van der Waals surface area (Å²) in [5.74, 6) is 1.12. The number of fused-ring (bicyclic) bond motifs is 1. The van der Waals surface area contributed by atoms with E-state index in [0.29, 0.717) is 30.3 Å². The van der Waals surface area contributed by atoms with E-state index < -0.39 is 0 Å². The minimum Gasteiger partial charge on any atom is -0.383 e. The van der Waals surface area contributed by atoms with Gasteiger partial charge in [0.15, 0.2) is 5.65 Å². The maximum atomic E-state index is 6.57. The summed E-state index contributed by atoms with van der Waals surface area (Å²) >= 11 is 6.57. The number of aromatic nitrogens is 4. The van der Waals surface area contributed by atoms with Crippen LogP contribution in [0.2, 0.25) is 0 Å². The van der Waals surface area contributed by atoms with Gasteiger partial charge in [-0.2, -0.15) is 5.10 Å². The molecule has 0 saturated carbocycles. The Kier molecular flexibility index (Phi) is 4.54. The fourth-order valence-electron chi connectivity index (χ4n) is 2.93. The highest BCUT2D eigenvalue weighted by Gasteiger charge is 2.15. The van der Waals surface area contributed by atoms with Crippen molar-refractivity contribution in [3.05, 3.63) is 83.8 Å². The second-order valence-corrected chi connectivity index (χ2v) is 6.66. The zero-order chi connectivity index (χ0) is 17.9. The van der Waals surface area contributed by atoms with Gasteiger partial charge in [0.25, 0.3) is 0 Å². The van der Waals surface area contributed by atoms with Gasteiger partial charge < -0.3 is 5.73 Å². The first kappa shape index (κ1) is 16.5. The van der Waals surface area contributed by atoms with Crippen LogP contribution in [0.15, 0.2) is 66.9 Å². The summed E-state index contributed by atoms with van der Waals surface area (Å²) < 4.78 is 1.80. The van der Waals surface area contributed by atoms with Crippen LogP contribution in [0.4, 0.5) is 5.82 Å². The van der Waals surface area contributed by atoms with Crippen molar-refractivity contribution in [3.8, 4) is 0 Å². The summed E-state index contributed by atoms with van der Waals surface area (Å²) in [6, 6.07) is 20.0. The smallest absolute Gasteiger partial charge is 0.163 e. The van der Waals surface area contributed by atoms with Gasteiger partial charge in [-0.1, -0.05) is 60.7 Å². The number of benzene rings is 2. The molecule has 4 rings (SSSR count). The first-order chi connectivity index (χ1) is 12.7. The van der Waals surface area contributed by atoms with Crippen LogP contribution in [0.25, 0.3) is 11.0 Å². The lowest BCUT2D eigenvalue weighted by Crippen LogP contribution is -2.09. The van der Waals surface area contributed by atoms with Crippen LogP contribution in [0.5, 0.6) is 0 Å². The molecule has 0 aliphatic rings. The predicted octanol–water partition coefficient (Wildman–Crippen LogP) is 3.98. The molecular formula is C20H18ClN5. The Labute approximate surface area is 156 Å². The van der Waals surface area contributed by atoms with Crippen molar-refractivity contribution in [1.29, 1.82) is 0 Å². The number of anilines is 1. The van der Waals surface area contributed by atoms with E-state index >= 15 is 0 Å². The lowest BCUT2D eigenvalue weighted by atomic mass is 10.1. The normalized spacial score (nSPS) is 12.3. The van der Waals surface area contributed by atoms with Crippen molar-refractivity contribution < 1.29 is 0 Å². The summed E-state index contributed by atoms with van der Waals surface area (Å²) in [5, 5.41) is 4.97. The van der Waals surface area contributed by atoms with E-state index in [1.165, 1.54) is 0 Å². The Morgan fingerprint density at radius 2 is 1.65 bits per heavy atom. The van der Waals surface area contributed by atoms with Gasteiger partial charge in [-0.15, -0.1) is 11.6 Å². The van der Waals surface area contributed by atoms with Gasteiger partial charge in [-0.3, -0.25) is 0 Å². The number of nitrogens with two attached hydrogens (primary N) is 1. The summed E-state index contributed by atoms with van der Waals surface area (Å²) in [6.45, 7) is 0.510. The monoisotopic (exact) mass is 363 g/mol. The number of nitrogen functional groups attached to an aromatic ring is 1. The molecule has 0 aliphatic heterocycles. The summed E-state index contributed by atoms with van der Waals surface area (Å²) in [7, 11) is 0. The van der Waals surface area contributed by atoms with Crippen LogP contribution in [-0.2, 0) is 13.0 Å². The largest absolute Gasteiger partial charge is 0.383 e. The molecule has 2 aromatic heterocycles. The van der Waals surface area contributed by atoms with Crippen LogP contribution in [0.3, 0.4) is 0 Å². The van der Waals surface area contributed by atoms with Gasteiger partial charge in [-0.25, -0.2) is 14.6 Å². The minimum atomic E-state index is -0.201. The first-order valence-electron chi connectivity index (χ1n) is 8.41. The van der Waals surface area contributed by atoms with E-state index in [2.05, 4.69) is 15.1 Å². The maximum absolute atomic E-state index is 6.57. The fraction of sp³-hybridized carbons (Fsp3) is 0.150. The molecule has 0 spiro atoms. The van der Waals surface area contributed by atoms with Crippen LogP contribution in [-0.4, -0.2) is 19.7 Å². The third-order valence-electron chi connectivity index (χ3n) is 4.27. The highest BCUT2D eigenvalue weighted by Crippen LogP contribution is 2.25. The predicted molar refractivity (Wildman–Crippen MR) is 104 cm³/mol. The van der Waals surface area contributed by atoms with Crippen molar-refractivity contribution in [2.45, 2.75) is 18.3 Å². The van der Waals surface area contributed by atoms with Crippen LogP contribution < -0.4 is 5.73 Å². The Balaban J connectivity index is 1.65. The zero-order valence-electron chi connectivity index (χ0n) is 14.1. The Hall–Kier alpha value is -2.92. The number of nitrogens with zero attached hydrogens (tertiary/aromatic N) is 4. The second-order valence-electron chi connectivity index (χ2n) is 6.13. The topological polar surface area (TPSA) is 69.6 Å². The highest BCUT2D eigenvalue weighted by molar-refractivity contribution is 6.20. The summed E-state index contributed by atoms with van der Waals surface area (Å²) in [6.07, 6.45) is 2.32. The number of alkyl halides is 1. The molecule has 0 aliphatic carbocycles. The third kappa shape index (κ3) is 3.39. The lowest BCUT2D eigenvalue weighted by molar-refractivity contribution is 0.614. The molecule has 1 unspecified atom stereocenters. The van der Waals surface area contributed by atoms with Crippen LogP contribution >= 0.6 is 11.6 Å². The van der Waals surface area contributed by atoms with Gasteiger partial charge >= 0.3 is 0 Å². The molecule has 0 amide bonds. The van der Waals surface area contributed by atoms with Crippen LogP contribution in [0, 0.1) is 0 Å². The molecule has 0 radical (unpaired) electrons. The number of hydrogen-bond acceptors (Lipinski definition) is 4. The Morgan fingerprint density at radius 3 is 2.38 bits per heavy atom. The van der Waals surface area contributed by atoms with E-state index in [-0.39, 0.29) is 5.38 Å². The standard InChI is InChI=1S/C20H18ClN5/c21-17(15-9-5-2-6-10-15)13-26-20-16(12-23-26)19(22)24-18(25-20)11-14-7-3-1-4-8-14/h1-10,12,17H,11,13H2,(H2,22,24,25). The van der Waals surface area contributed by atoms with E-state index in [1.807, 2.05) is 60.7 Å². The highest BCUT2D eigenvalue weighted by atomic mass is 35.5. The van der Waals surface area contributed by atoms with Crippen molar-refractivity contribution in [3.63, 3.8) is 0 Å². The molecule has 0 fully saturated rings. The number of halogens is 1. The van der Waals surface area contributed by atoms with Gasteiger partial charge in [-0.05, 0) is 11.1 Å². The SMILES string of the molecule is Nc1nc(Cc2ccccc2)nc2c1cnn2CC(Cl)c1ccccc1. The molecule has 4 aromatic rings. The quantitative estimate of drug-likeness (QED) is 0.544. The minimum absolute atomic E-state index is 0.201. The van der Waals surface area contributed by atoms with E-state index in [1.54, 1.807) is 10.9 Å². The molecule has 26 heavy (non-hydrogen) atoms. The third-order valence-corrected chi connectivity index (χ3v) is 4.66. The molecule has 130 valence electrons. The van der Waals surface area contributed by atoms with Crippen molar-refractivity contribution in [2.75, 3.05) is 5.73 Å². The molecule has 6 heteroatoms. The van der Waals surface area contributed by atoms with E-state index in [9.17, 15) is 0 Å². The number of hydrogen-bond donors (Lipinski definition) is 1. The van der Waals surface area contributed by atoms with E-state index in [4.69, 9.17) is 17.3 Å². The molecule has 0 bridgehead atoms. The Morgan fingerprint density at radius 1 is 0.962 bits per heavy atom. The van der Waals surface area contributed by atoms with Gasteiger partial charge in [0.1, 0.15) is 11.6 Å². The molecular weight excluding hydrogens is 346 g/mol. The van der Waals surface area contributed by atoms with Crippen molar-refractivity contribution in [2.24, 2.45) is 0 Å². The van der Waals surface area contributed by atoms with Crippen molar-refractivity contribution in [1.82, 2.24) is 19.7 Å². The van der Waals surface area contributed by atoms with Gasteiger partial charge in [0, 0.05) is 6.42 Å².